The fourth-order valence-corrected chi connectivity index (χ4v) is 6.54. The summed E-state index contributed by atoms with van der Waals surface area (Å²) in [6.45, 7) is 0. The first-order valence-electron chi connectivity index (χ1n) is 11.8. The summed E-state index contributed by atoms with van der Waals surface area (Å²) in [5.74, 6) is -0.590. The van der Waals surface area contributed by atoms with Gasteiger partial charge in [0.1, 0.15) is 17.7 Å². The zero-order chi connectivity index (χ0) is 26.6. The predicted molar refractivity (Wildman–Crippen MR) is 150 cm³/mol. The van der Waals surface area contributed by atoms with E-state index in [1.54, 1.807) is 42.7 Å². The van der Waals surface area contributed by atoms with Crippen LogP contribution >= 0.6 is 0 Å². The molecule has 6 nitrogen and oxygen atoms in total. The van der Waals surface area contributed by atoms with Gasteiger partial charge in [-0.15, -0.1) is 0 Å². The smallest absolute Gasteiger partial charge is 0.157 e. The van der Waals surface area contributed by atoms with Gasteiger partial charge in [-0.3, -0.25) is 0 Å². The van der Waals surface area contributed by atoms with Crippen molar-refractivity contribution in [2.45, 2.75) is 23.7 Å². The summed E-state index contributed by atoms with van der Waals surface area (Å²) in [7, 11) is 11.3. The van der Waals surface area contributed by atoms with E-state index in [2.05, 4.69) is 72.8 Å². The van der Waals surface area contributed by atoms with Gasteiger partial charge in [-0.1, -0.05) is 88.4 Å². The van der Waals surface area contributed by atoms with Gasteiger partial charge in [0.05, 0.1) is 0 Å². The first kappa shape index (κ1) is 29.6. The molecule has 3 aromatic carbocycles. The predicted octanol–water partition coefficient (Wildman–Crippen LogP) is 1.58. The molecule has 0 N–H and O–H groups in total. The second kappa shape index (κ2) is 15.5. The molecule has 0 saturated carbocycles. The Morgan fingerprint density at radius 1 is 0.378 bits per heavy atom. The van der Waals surface area contributed by atoms with Gasteiger partial charge in [0, 0.05) is 48.6 Å². The Morgan fingerprint density at radius 3 is 0.784 bits per heavy atom. The Morgan fingerprint density at radius 2 is 0.595 bits per heavy atom. The summed E-state index contributed by atoms with van der Waals surface area (Å²) in [6, 6.07) is 26.2. The maximum atomic E-state index is 5.39. The Hall–Kier alpha value is -1.93. The molecule has 0 heterocycles. The molecule has 0 spiro atoms. The summed E-state index contributed by atoms with van der Waals surface area (Å²) in [4.78, 5) is 0. The first-order chi connectivity index (χ1) is 18.0. The summed E-state index contributed by atoms with van der Waals surface area (Å²) >= 11 is 0. The van der Waals surface area contributed by atoms with Crippen LogP contribution in [-0.2, 0) is 28.4 Å². The van der Waals surface area contributed by atoms with Gasteiger partial charge in [0.2, 0.25) is 0 Å². The van der Waals surface area contributed by atoms with E-state index < -0.39 is 0 Å². The van der Waals surface area contributed by atoms with Crippen molar-refractivity contribution in [2.24, 2.45) is 0 Å². The topological polar surface area (TPSA) is 55.4 Å². The fourth-order valence-electron chi connectivity index (χ4n) is 3.94. The molecule has 0 aliphatic rings. The molecule has 0 atom stereocenters. The van der Waals surface area contributed by atoms with E-state index in [0.29, 0.717) is 28.6 Å². The highest BCUT2D eigenvalue weighted by atomic mass is 28.2. The summed E-state index contributed by atoms with van der Waals surface area (Å²) < 4.78 is 32.3. The second-order valence-corrected chi connectivity index (χ2v) is 12.2. The van der Waals surface area contributed by atoms with Gasteiger partial charge in [-0.2, -0.15) is 0 Å². The molecular formula is C28H34O6Si3. The number of ether oxygens (including phenoxy) is 6. The lowest BCUT2D eigenvalue weighted by Crippen LogP contribution is -2.31. The number of rotatable bonds is 15. The van der Waals surface area contributed by atoms with E-state index >= 15 is 0 Å². The van der Waals surface area contributed by atoms with Crippen molar-refractivity contribution in [3.63, 3.8) is 0 Å². The molecule has 0 unspecified atom stereocenters. The van der Waals surface area contributed by atoms with E-state index in [-0.39, 0.29) is 23.7 Å². The van der Waals surface area contributed by atoms with Crippen LogP contribution in [0.25, 0.3) is 0 Å². The van der Waals surface area contributed by atoms with Crippen LogP contribution in [0, 0.1) is 0 Å². The highest BCUT2D eigenvalue weighted by molar-refractivity contribution is 6.55. The number of hydrogen-bond donors (Lipinski definition) is 0. The molecule has 194 valence electrons. The van der Waals surface area contributed by atoms with Crippen molar-refractivity contribution in [1.29, 1.82) is 0 Å². The van der Waals surface area contributed by atoms with Gasteiger partial charge in [0.15, 0.2) is 28.6 Å². The van der Waals surface area contributed by atoms with Crippen molar-refractivity contribution < 1.29 is 28.4 Å². The molecule has 0 aliphatic heterocycles. The van der Waals surface area contributed by atoms with Gasteiger partial charge in [-0.25, -0.2) is 0 Å². The molecule has 0 saturated heterocycles. The van der Waals surface area contributed by atoms with Gasteiger partial charge in [-0.05, 0) is 16.7 Å². The van der Waals surface area contributed by atoms with Crippen molar-refractivity contribution in [3.8, 4) is 0 Å². The third-order valence-corrected chi connectivity index (χ3v) is 9.99. The van der Waals surface area contributed by atoms with E-state index in [1.165, 1.54) is 32.3 Å². The fraction of sp³-hybridized carbons (Fsp3) is 0.357. The normalized spacial score (nSPS) is 11.8. The van der Waals surface area contributed by atoms with Crippen molar-refractivity contribution >= 4 is 44.1 Å². The molecule has 0 aliphatic carbocycles. The Bertz CT molecular complexity index is 898. The van der Waals surface area contributed by atoms with Gasteiger partial charge < -0.3 is 28.4 Å². The largest absolute Gasteiger partial charge is 0.360 e. The Labute approximate surface area is 228 Å². The molecule has 3 rings (SSSR count). The maximum absolute atomic E-state index is 5.39. The van der Waals surface area contributed by atoms with E-state index in [9.17, 15) is 0 Å². The average molecular weight is 551 g/mol. The van der Waals surface area contributed by atoms with Crippen LogP contribution in [0.3, 0.4) is 0 Å². The minimum absolute atomic E-state index is 0.0918. The lowest BCUT2D eigenvalue weighted by molar-refractivity contribution is -0.0430. The number of hydrogen-bond acceptors (Lipinski definition) is 6. The third-order valence-electron chi connectivity index (χ3n) is 5.87. The number of benzene rings is 3. The molecular weight excluding hydrogens is 517 g/mol. The zero-order valence-electron chi connectivity index (χ0n) is 22.2. The van der Waals surface area contributed by atoms with Crippen LogP contribution in [0.2, 0.25) is 0 Å². The van der Waals surface area contributed by atoms with E-state index in [1.807, 2.05) is 0 Å². The highest BCUT2D eigenvalue weighted by Crippen LogP contribution is 2.31. The molecule has 3 aromatic rings. The second-order valence-electron chi connectivity index (χ2n) is 8.14. The lowest BCUT2D eigenvalue weighted by Gasteiger charge is -2.21. The van der Waals surface area contributed by atoms with Crippen LogP contribution in [0.4, 0.5) is 0 Å². The average Bonchev–Trinajstić information content (AvgIpc) is 2.95. The molecule has 0 aromatic heterocycles. The molecule has 0 amide bonds. The van der Waals surface area contributed by atoms with Crippen molar-refractivity contribution in [1.82, 2.24) is 0 Å². The molecule has 0 fully saturated rings. The standard InChI is InChI=1S/C28H34O6Si3/c1-29-26(30-2)35-22-13-7-19(8-14-22)25(20-9-15-23(16-10-20)36-27(31-3)32-4)21-11-17-24(18-12-21)37-28(33-5)34-6/h7-18,25-28H,1-6H3. The zero-order valence-corrected chi connectivity index (χ0v) is 25.2. The molecule has 0 bridgehead atoms. The highest BCUT2D eigenvalue weighted by Gasteiger charge is 2.19. The van der Waals surface area contributed by atoms with Crippen molar-refractivity contribution in [3.05, 3.63) is 89.5 Å². The minimum Gasteiger partial charge on any atom is -0.360 e. The third kappa shape index (κ3) is 8.54. The summed E-state index contributed by atoms with van der Waals surface area (Å²) in [5.41, 5.74) is 3.68. The van der Waals surface area contributed by atoms with E-state index in [0.717, 1.165) is 0 Å². The monoisotopic (exact) mass is 550 g/mol. The van der Waals surface area contributed by atoms with Crippen LogP contribution in [0.1, 0.15) is 22.6 Å². The van der Waals surface area contributed by atoms with Gasteiger partial charge in [0.25, 0.3) is 0 Å². The first-order valence-corrected chi connectivity index (χ1v) is 15.0. The van der Waals surface area contributed by atoms with Crippen LogP contribution in [0.5, 0.6) is 0 Å². The van der Waals surface area contributed by atoms with E-state index in [4.69, 9.17) is 28.4 Å². The Balaban J connectivity index is 1.91. The van der Waals surface area contributed by atoms with Gasteiger partial charge >= 0.3 is 0 Å². The SMILES string of the molecule is COC(OC)[Si]c1ccc(C(c2ccc([Si]C(OC)OC)cc2)c2ccc([Si]C(OC)OC)cc2)cc1. The quantitative estimate of drug-likeness (QED) is 0.163. The van der Waals surface area contributed by atoms with Crippen LogP contribution in [-0.4, -0.2) is 89.0 Å². The molecule has 9 heteroatoms. The molecule has 37 heavy (non-hydrogen) atoms. The van der Waals surface area contributed by atoms with Crippen LogP contribution < -0.4 is 15.6 Å². The van der Waals surface area contributed by atoms with Crippen LogP contribution in [0.15, 0.2) is 72.8 Å². The maximum Gasteiger partial charge on any atom is 0.157 e. The summed E-state index contributed by atoms with van der Waals surface area (Å²) in [5, 5.41) is 3.58. The summed E-state index contributed by atoms with van der Waals surface area (Å²) in [6.07, 6.45) is 0. The molecule has 6 radical (unpaired) electrons. The Kier molecular flexibility index (Phi) is 12.4. The van der Waals surface area contributed by atoms with Crippen molar-refractivity contribution in [2.75, 3.05) is 42.7 Å². The minimum atomic E-state index is -0.227. The lowest BCUT2D eigenvalue weighted by atomic mass is 9.85. The number of methoxy groups -OCH3 is 6.